The molecule has 0 spiro atoms. The molecule has 0 fully saturated rings. The minimum Gasteiger partial charge on any atom is -0.298 e. The molecule has 1 aromatic heterocycles. The number of nitrogens with zero attached hydrogens (tertiary/aromatic N) is 2. The van der Waals surface area contributed by atoms with E-state index in [1.807, 2.05) is 6.92 Å². The van der Waals surface area contributed by atoms with Gasteiger partial charge in [0.15, 0.2) is 23.7 Å². The van der Waals surface area contributed by atoms with Crippen molar-refractivity contribution in [3.8, 4) is 5.69 Å². The van der Waals surface area contributed by atoms with Gasteiger partial charge in [-0.25, -0.2) is 17.9 Å². The van der Waals surface area contributed by atoms with Crippen molar-refractivity contribution in [2.45, 2.75) is 19.8 Å². The van der Waals surface area contributed by atoms with Gasteiger partial charge in [-0.3, -0.25) is 4.79 Å². The van der Waals surface area contributed by atoms with Crippen LogP contribution in [0.25, 0.3) is 5.69 Å². The van der Waals surface area contributed by atoms with Crippen LogP contribution in [0.15, 0.2) is 12.1 Å². The molecule has 0 aliphatic carbocycles. The summed E-state index contributed by atoms with van der Waals surface area (Å²) < 4.78 is 40.7. The van der Waals surface area contributed by atoms with Gasteiger partial charge < -0.3 is 0 Å². The zero-order valence-electron chi connectivity index (χ0n) is 10.5. The van der Waals surface area contributed by atoms with Crippen LogP contribution in [0.1, 0.15) is 29.4 Å². The number of aldehydes is 1. The Morgan fingerprint density at radius 1 is 1.25 bits per heavy atom. The predicted octanol–water partition coefficient (Wildman–Crippen LogP) is 3.71. The largest absolute Gasteiger partial charge is 0.298 e. The molecule has 106 valence electrons. The van der Waals surface area contributed by atoms with Crippen LogP contribution >= 0.6 is 11.6 Å². The van der Waals surface area contributed by atoms with Gasteiger partial charge in [0.1, 0.15) is 10.8 Å². The topological polar surface area (TPSA) is 34.9 Å². The molecule has 20 heavy (non-hydrogen) atoms. The Morgan fingerprint density at radius 3 is 2.50 bits per heavy atom. The molecule has 1 heterocycles. The number of hydrogen-bond acceptors (Lipinski definition) is 2. The van der Waals surface area contributed by atoms with Crippen LogP contribution in [0, 0.1) is 17.5 Å². The van der Waals surface area contributed by atoms with E-state index in [4.69, 9.17) is 11.6 Å². The van der Waals surface area contributed by atoms with Gasteiger partial charge in [-0.1, -0.05) is 24.9 Å². The highest BCUT2D eigenvalue weighted by molar-refractivity contribution is 6.32. The Bertz CT molecular complexity index is 670. The predicted molar refractivity (Wildman–Crippen MR) is 67.8 cm³/mol. The fourth-order valence-corrected chi connectivity index (χ4v) is 2.11. The SMILES string of the molecule is CCCc1nn(-c2cc(F)c(F)cc2F)c(Cl)c1C=O. The van der Waals surface area contributed by atoms with Crippen molar-refractivity contribution in [3.63, 3.8) is 0 Å². The summed E-state index contributed by atoms with van der Waals surface area (Å²) in [6.45, 7) is 1.87. The summed E-state index contributed by atoms with van der Waals surface area (Å²) in [6.07, 6.45) is 1.68. The van der Waals surface area contributed by atoms with Crippen LogP contribution in [0.2, 0.25) is 5.15 Å². The van der Waals surface area contributed by atoms with Gasteiger partial charge in [0.25, 0.3) is 0 Å². The highest BCUT2D eigenvalue weighted by atomic mass is 35.5. The first-order valence-corrected chi connectivity index (χ1v) is 6.24. The third kappa shape index (κ3) is 2.43. The van der Waals surface area contributed by atoms with Crippen LogP contribution in [0.5, 0.6) is 0 Å². The van der Waals surface area contributed by atoms with E-state index in [-0.39, 0.29) is 16.4 Å². The number of carbonyl (C=O) groups is 1. The van der Waals surface area contributed by atoms with Crippen molar-refractivity contribution in [1.29, 1.82) is 0 Å². The van der Waals surface area contributed by atoms with Crippen molar-refractivity contribution in [3.05, 3.63) is 46.0 Å². The molecule has 1 aromatic carbocycles. The van der Waals surface area contributed by atoms with Crippen molar-refractivity contribution in [1.82, 2.24) is 9.78 Å². The highest BCUT2D eigenvalue weighted by Gasteiger charge is 2.20. The zero-order valence-corrected chi connectivity index (χ0v) is 11.2. The van der Waals surface area contributed by atoms with Gasteiger partial charge in [-0.2, -0.15) is 5.10 Å². The molecule has 0 unspecified atom stereocenters. The molecule has 0 saturated heterocycles. The van der Waals surface area contributed by atoms with Crippen molar-refractivity contribution in [2.24, 2.45) is 0 Å². The lowest BCUT2D eigenvalue weighted by Crippen LogP contribution is -2.03. The Labute approximate surface area is 118 Å². The van der Waals surface area contributed by atoms with E-state index in [0.717, 1.165) is 4.68 Å². The quantitative estimate of drug-likeness (QED) is 0.637. The van der Waals surface area contributed by atoms with E-state index in [0.29, 0.717) is 37.0 Å². The van der Waals surface area contributed by atoms with Gasteiger partial charge >= 0.3 is 0 Å². The maximum atomic E-state index is 13.7. The second kappa shape index (κ2) is 5.66. The zero-order chi connectivity index (χ0) is 14.9. The Kier molecular flexibility index (Phi) is 4.13. The smallest absolute Gasteiger partial charge is 0.161 e. The molecule has 0 atom stereocenters. The number of rotatable bonds is 4. The van der Waals surface area contributed by atoms with Crippen molar-refractivity contribution >= 4 is 17.9 Å². The molecule has 0 saturated carbocycles. The molecular weight excluding hydrogens is 293 g/mol. The monoisotopic (exact) mass is 302 g/mol. The highest BCUT2D eigenvalue weighted by Crippen LogP contribution is 2.26. The fourth-order valence-electron chi connectivity index (χ4n) is 1.82. The van der Waals surface area contributed by atoms with E-state index in [2.05, 4.69) is 5.10 Å². The Hall–Kier alpha value is -1.82. The summed E-state index contributed by atoms with van der Waals surface area (Å²) in [5.74, 6) is -3.55. The van der Waals surface area contributed by atoms with E-state index in [1.54, 1.807) is 0 Å². The summed E-state index contributed by atoms with van der Waals surface area (Å²) in [6, 6.07) is 1.05. The number of aryl methyl sites for hydroxylation is 1. The van der Waals surface area contributed by atoms with Crippen LogP contribution in [-0.4, -0.2) is 16.1 Å². The molecule has 0 N–H and O–H groups in total. The van der Waals surface area contributed by atoms with Crippen LogP contribution in [0.3, 0.4) is 0 Å². The molecule has 0 aliphatic rings. The first-order valence-electron chi connectivity index (χ1n) is 5.87. The number of hydrogen-bond donors (Lipinski definition) is 0. The van der Waals surface area contributed by atoms with E-state index >= 15 is 0 Å². The van der Waals surface area contributed by atoms with Gasteiger partial charge in [-0.05, 0) is 6.42 Å². The third-order valence-corrected chi connectivity index (χ3v) is 3.13. The fraction of sp³-hybridized carbons (Fsp3) is 0.231. The first kappa shape index (κ1) is 14.6. The van der Waals surface area contributed by atoms with Crippen molar-refractivity contribution < 1.29 is 18.0 Å². The summed E-state index contributed by atoms with van der Waals surface area (Å²) in [5, 5.41) is 3.87. The lowest BCUT2D eigenvalue weighted by Gasteiger charge is -2.05. The maximum absolute atomic E-state index is 13.7. The lowest BCUT2D eigenvalue weighted by atomic mass is 10.2. The summed E-state index contributed by atoms with van der Waals surface area (Å²) >= 11 is 5.95. The molecule has 3 nitrogen and oxygen atoms in total. The standard InChI is InChI=1S/C13H10ClF3N2O/c1-2-3-11-7(6-20)13(14)19(18-11)12-5-9(16)8(15)4-10(12)17/h4-6H,2-3H2,1H3. The lowest BCUT2D eigenvalue weighted by molar-refractivity contribution is 0.112. The molecule has 0 bridgehead atoms. The van der Waals surface area contributed by atoms with Gasteiger partial charge in [0.05, 0.1) is 11.3 Å². The molecule has 0 radical (unpaired) electrons. The molecule has 0 aliphatic heterocycles. The van der Waals surface area contributed by atoms with Crippen LogP contribution in [-0.2, 0) is 6.42 Å². The van der Waals surface area contributed by atoms with Crippen LogP contribution < -0.4 is 0 Å². The molecule has 2 aromatic rings. The summed E-state index contributed by atoms with van der Waals surface area (Å²) in [4.78, 5) is 11.0. The van der Waals surface area contributed by atoms with E-state index in [1.165, 1.54) is 0 Å². The summed E-state index contributed by atoms with van der Waals surface area (Å²) in [7, 11) is 0. The average Bonchev–Trinajstić information content (AvgIpc) is 2.71. The minimum atomic E-state index is -1.31. The third-order valence-electron chi connectivity index (χ3n) is 2.76. The van der Waals surface area contributed by atoms with Gasteiger partial charge in [0.2, 0.25) is 0 Å². The molecule has 7 heteroatoms. The number of benzene rings is 1. The molecule has 2 rings (SSSR count). The molecule has 0 amide bonds. The number of aromatic nitrogens is 2. The number of halogens is 4. The van der Waals surface area contributed by atoms with Gasteiger partial charge in [0, 0.05) is 12.1 Å². The normalized spacial score (nSPS) is 10.8. The van der Waals surface area contributed by atoms with Crippen LogP contribution in [0.4, 0.5) is 13.2 Å². The molecular formula is C13H10ClF3N2O. The Balaban J connectivity index is 2.64. The minimum absolute atomic E-state index is 0.123. The van der Waals surface area contributed by atoms with Gasteiger partial charge in [-0.15, -0.1) is 0 Å². The van der Waals surface area contributed by atoms with Crippen molar-refractivity contribution in [2.75, 3.05) is 0 Å². The number of carbonyl (C=O) groups excluding carboxylic acids is 1. The average molecular weight is 303 g/mol. The van der Waals surface area contributed by atoms with E-state index in [9.17, 15) is 18.0 Å². The Morgan fingerprint density at radius 2 is 1.90 bits per heavy atom. The first-order chi connectivity index (χ1) is 9.49. The summed E-state index contributed by atoms with van der Waals surface area (Å²) in [5.41, 5.74) is 0.161. The second-order valence-corrected chi connectivity index (χ2v) is 4.51. The second-order valence-electron chi connectivity index (χ2n) is 4.15. The maximum Gasteiger partial charge on any atom is 0.161 e. The van der Waals surface area contributed by atoms with E-state index < -0.39 is 17.5 Å².